The highest BCUT2D eigenvalue weighted by Crippen LogP contribution is 2.25. The van der Waals surface area contributed by atoms with Crippen molar-refractivity contribution in [3.05, 3.63) is 28.7 Å². The van der Waals surface area contributed by atoms with E-state index in [1.807, 2.05) is 0 Å². The molecule has 2 rings (SSSR count). The monoisotopic (exact) mass is 299 g/mol. The minimum absolute atomic E-state index is 0.0223. The van der Waals surface area contributed by atoms with Gasteiger partial charge in [-0.15, -0.1) is 0 Å². The first-order valence-electron chi connectivity index (χ1n) is 6.39. The molecular formula is C12H17N3O4S. The Balaban J connectivity index is 2.01. The second-order valence-corrected chi connectivity index (χ2v) is 6.67. The van der Waals surface area contributed by atoms with Crippen LogP contribution in [0.25, 0.3) is 0 Å². The van der Waals surface area contributed by atoms with Crippen LogP contribution in [0, 0.1) is 5.92 Å². The Morgan fingerprint density at radius 2 is 1.90 bits per heavy atom. The summed E-state index contributed by atoms with van der Waals surface area (Å²) < 4.78 is 26.8. The van der Waals surface area contributed by atoms with Crippen molar-refractivity contribution in [1.29, 1.82) is 0 Å². The lowest BCUT2D eigenvalue weighted by Crippen LogP contribution is -2.39. The van der Waals surface area contributed by atoms with Crippen LogP contribution in [0.1, 0.15) is 25.7 Å². The number of hydrogen-bond donors (Lipinski definition) is 3. The van der Waals surface area contributed by atoms with Gasteiger partial charge in [-0.2, -0.15) is 0 Å². The van der Waals surface area contributed by atoms with E-state index in [4.69, 9.17) is 5.73 Å². The third-order valence-electron chi connectivity index (χ3n) is 3.52. The topological polar surface area (TPSA) is 122 Å². The number of carbonyl (C=O) groups excluding carboxylic acids is 1. The van der Waals surface area contributed by atoms with E-state index < -0.39 is 10.0 Å². The summed E-state index contributed by atoms with van der Waals surface area (Å²) in [6.45, 7) is 0. The van der Waals surface area contributed by atoms with E-state index in [2.05, 4.69) is 9.71 Å². The van der Waals surface area contributed by atoms with Crippen LogP contribution < -0.4 is 16.0 Å². The fraction of sp³-hybridized carbons (Fsp3) is 0.500. The molecule has 0 unspecified atom stereocenters. The molecule has 0 aromatic carbocycles. The van der Waals surface area contributed by atoms with Crippen molar-refractivity contribution in [2.45, 2.75) is 36.6 Å². The van der Waals surface area contributed by atoms with Gasteiger partial charge in [0.2, 0.25) is 21.5 Å². The summed E-state index contributed by atoms with van der Waals surface area (Å²) in [5, 5.41) is 0. The molecule has 20 heavy (non-hydrogen) atoms. The van der Waals surface area contributed by atoms with Gasteiger partial charge in [0, 0.05) is 24.2 Å². The molecular weight excluding hydrogens is 282 g/mol. The molecule has 0 spiro atoms. The van der Waals surface area contributed by atoms with E-state index in [1.165, 1.54) is 18.3 Å². The van der Waals surface area contributed by atoms with Gasteiger partial charge in [-0.1, -0.05) is 0 Å². The van der Waals surface area contributed by atoms with E-state index in [9.17, 15) is 18.0 Å². The van der Waals surface area contributed by atoms with Crippen molar-refractivity contribution in [3.8, 4) is 0 Å². The third-order valence-corrected chi connectivity index (χ3v) is 5.04. The molecule has 0 radical (unpaired) electrons. The van der Waals surface area contributed by atoms with Gasteiger partial charge in [-0.3, -0.25) is 9.59 Å². The number of nitrogens with one attached hydrogen (secondary N) is 2. The molecule has 1 saturated carbocycles. The zero-order chi connectivity index (χ0) is 14.8. The van der Waals surface area contributed by atoms with Crippen LogP contribution in [0.15, 0.2) is 28.0 Å². The van der Waals surface area contributed by atoms with Crippen LogP contribution in [0.5, 0.6) is 0 Å². The lowest BCUT2D eigenvalue weighted by molar-refractivity contribution is -0.122. The number of pyridine rings is 1. The molecule has 1 amide bonds. The first kappa shape index (κ1) is 14.7. The maximum Gasteiger partial charge on any atom is 0.247 e. The first-order chi connectivity index (χ1) is 9.38. The van der Waals surface area contributed by atoms with Crippen LogP contribution in [0.3, 0.4) is 0 Å². The molecule has 0 bridgehead atoms. The Hall–Kier alpha value is -1.67. The normalized spacial score (nSPS) is 23.4. The summed E-state index contributed by atoms with van der Waals surface area (Å²) in [7, 11) is -3.65. The summed E-state index contributed by atoms with van der Waals surface area (Å²) in [6.07, 6.45) is 3.51. The SMILES string of the molecule is NC(=O)C1CCC(NS(=O)(=O)c2ccc(=O)[nH]c2)CC1. The number of amides is 1. The fourth-order valence-corrected chi connectivity index (χ4v) is 3.62. The highest BCUT2D eigenvalue weighted by atomic mass is 32.2. The summed E-state index contributed by atoms with van der Waals surface area (Å²) in [4.78, 5) is 24.3. The quantitative estimate of drug-likeness (QED) is 0.706. The standard InChI is InChI=1S/C12H17N3O4S/c13-12(17)8-1-3-9(4-2-8)15-20(18,19)10-5-6-11(16)14-7-10/h5-9,15H,1-4H2,(H2,13,17)(H,14,16). The Bertz CT molecular complexity index is 624. The maximum atomic E-state index is 12.1. The summed E-state index contributed by atoms with van der Waals surface area (Å²) in [6, 6.07) is 2.22. The van der Waals surface area contributed by atoms with Crippen LogP contribution >= 0.6 is 0 Å². The van der Waals surface area contributed by atoms with E-state index in [0.717, 1.165) is 0 Å². The number of aromatic amines is 1. The van der Waals surface area contributed by atoms with Gasteiger partial charge in [0.15, 0.2) is 0 Å². The predicted molar refractivity (Wildman–Crippen MR) is 72.3 cm³/mol. The van der Waals surface area contributed by atoms with Gasteiger partial charge in [0.25, 0.3) is 0 Å². The second kappa shape index (κ2) is 5.76. The van der Waals surface area contributed by atoms with Crippen molar-refractivity contribution >= 4 is 15.9 Å². The van der Waals surface area contributed by atoms with Crippen molar-refractivity contribution < 1.29 is 13.2 Å². The van der Waals surface area contributed by atoms with Crippen LogP contribution in [-0.4, -0.2) is 25.4 Å². The highest BCUT2D eigenvalue weighted by Gasteiger charge is 2.27. The third kappa shape index (κ3) is 3.45. The molecule has 110 valence electrons. The zero-order valence-electron chi connectivity index (χ0n) is 10.8. The van der Waals surface area contributed by atoms with E-state index in [1.54, 1.807) is 0 Å². The predicted octanol–water partition coefficient (Wildman–Crippen LogP) is -0.303. The van der Waals surface area contributed by atoms with Crippen molar-refractivity contribution in [1.82, 2.24) is 9.71 Å². The lowest BCUT2D eigenvalue weighted by atomic mass is 9.86. The van der Waals surface area contributed by atoms with Crippen molar-refractivity contribution in [2.75, 3.05) is 0 Å². The van der Waals surface area contributed by atoms with E-state index >= 15 is 0 Å². The lowest BCUT2D eigenvalue weighted by Gasteiger charge is -2.27. The summed E-state index contributed by atoms with van der Waals surface area (Å²) >= 11 is 0. The van der Waals surface area contributed by atoms with Gasteiger partial charge in [0.05, 0.1) is 4.90 Å². The van der Waals surface area contributed by atoms with Gasteiger partial charge in [0.1, 0.15) is 0 Å². The van der Waals surface area contributed by atoms with E-state index in [0.29, 0.717) is 25.7 Å². The average molecular weight is 299 g/mol. The number of sulfonamides is 1. The number of nitrogens with two attached hydrogens (primary N) is 1. The van der Waals surface area contributed by atoms with Crippen molar-refractivity contribution in [2.24, 2.45) is 11.7 Å². The summed E-state index contributed by atoms with van der Waals surface area (Å²) in [5.74, 6) is -0.490. The molecule has 7 nitrogen and oxygen atoms in total. The average Bonchev–Trinajstić information content (AvgIpc) is 2.39. The van der Waals surface area contributed by atoms with Crippen LogP contribution in [0.2, 0.25) is 0 Å². The number of hydrogen-bond acceptors (Lipinski definition) is 4. The van der Waals surface area contributed by atoms with Crippen LogP contribution in [0.4, 0.5) is 0 Å². The number of rotatable bonds is 4. The van der Waals surface area contributed by atoms with Crippen LogP contribution in [-0.2, 0) is 14.8 Å². The molecule has 0 aliphatic heterocycles. The Morgan fingerprint density at radius 3 is 2.40 bits per heavy atom. The number of aromatic nitrogens is 1. The molecule has 0 saturated heterocycles. The van der Waals surface area contributed by atoms with Gasteiger partial charge in [-0.25, -0.2) is 13.1 Å². The molecule has 4 N–H and O–H groups in total. The molecule has 1 heterocycles. The number of primary amides is 1. The summed E-state index contributed by atoms with van der Waals surface area (Å²) in [5.41, 5.74) is 4.88. The number of carbonyl (C=O) groups is 1. The second-order valence-electron chi connectivity index (χ2n) is 4.96. The Kier molecular flexibility index (Phi) is 4.24. The molecule has 8 heteroatoms. The molecule has 1 fully saturated rings. The minimum Gasteiger partial charge on any atom is -0.369 e. The molecule has 0 atom stereocenters. The first-order valence-corrected chi connectivity index (χ1v) is 7.87. The Morgan fingerprint density at radius 1 is 1.25 bits per heavy atom. The number of H-pyrrole nitrogens is 1. The zero-order valence-corrected chi connectivity index (χ0v) is 11.7. The largest absolute Gasteiger partial charge is 0.369 e. The van der Waals surface area contributed by atoms with Crippen molar-refractivity contribution in [3.63, 3.8) is 0 Å². The molecule has 1 aliphatic carbocycles. The highest BCUT2D eigenvalue weighted by molar-refractivity contribution is 7.89. The fourth-order valence-electron chi connectivity index (χ4n) is 2.35. The smallest absolute Gasteiger partial charge is 0.247 e. The molecule has 1 aromatic heterocycles. The van der Waals surface area contributed by atoms with Gasteiger partial charge >= 0.3 is 0 Å². The van der Waals surface area contributed by atoms with Gasteiger partial charge < -0.3 is 10.7 Å². The minimum atomic E-state index is -3.65. The van der Waals surface area contributed by atoms with Gasteiger partial charge in [-0.05, 0) is 31.7 Å². The maximum absolute atomic E-state index is 12.1. The molecule has 1 aliphatic rings. The Labute approximate surface area is 116 Å². The van der Waals surface area contributed by atoms with E-state index in [-0.39, 0.29) is 28.3 Å². The molecule has 1 aromatic rings.